The zero-order chi connectivity index (χ0) is 18.9. The van der Waals surface area contributed by atoms with E-state index in [4.69, 9.17) is 5.11 Å². The zero-order valence-corrected chi connectivity index (χ0v) is 15.9. The van der Waals surface area contributed by atoms with Gasteiger partial charge in [0.1, 0.15) is 0 Å². The number of rotatable bonds is 5. The molecule has 1 aromatic carbocycles. The van der Waals surface area contributed by atoms with Crippen LogP contribution in [0.15, 0.2) is 29.3 Å². The maximum absolute atomic E-state index is 12.0. The van der Waals surface area contributed by atoms with E-state index in [0.29, 0.717) is 11.7 Å². The summed E-state index contributed by atoms with van der Waals surface area (Å²) in [4.78, 5) is 28.6. The molecule has 0 aromatic heterocycles. The van der Waals surface area contributed by atoms with Crippen molar-refractivity contribution in [2.75, 3.05) is 11.5 Å². The number of benzene rings is 1. The minimum absolute atomic E-state index is 0.0544. The highest BCUT2D eigenvalue weighted by Gasteiger charge is 2.48. The van der Waals surface area contributed by atoms with Crippen molar-refractivity contribution in [3.8, 4) is 0 Å². The lowest BCUT2D eigenvalue weighted by atomic mass is 10.1. The third-order valence-electron chi connectivity index (χ3n) is 4.42. The van der Waals surface area contributed by atoms with Gasteiger partial charge in [-0.25, -0.2) is 8.42 Å². The van der Waals surface area contributed by atoms with E-state index in [1.54, 1.807) is 0 Å². The van der Waals surface area contributed by atoms with E-state index in [2.05, 4.69) is 4.99 Å². The summed E-state index contributed by atoms with van der Waals surface area (Å²) < 4.78 is 24.0. The van der Waals surface area contributed by atoms with Gasteiger partial charge in [-0.3, -0.25) is 9.59 Å². The van der Waals surface area contributed by atoms with Crippen LogP contribution < -0.4 is 0 Å². The summed E-state index contributed by atoms with van der Waals surface area (Å²) in [7, 11) is -3.09. The summed E-state index contributed by atoms with van der Waals surface area (Å²) in [5.74, 6) is -1.41. The Hall–Kier alpha value is -1.87. The van der Waals surface area contributed by atoms with Crippen molar-refractivity contribution >= 4 is 38.6 Å². The second-order valence-electron chi connectivity index (χ2n) is 6.60. The zero-order valence-electron chi connectivity index (χ0n) is 14.3. The van der Waals surface area contributed by atoms with Crippen LogP contribution in [-0.2, 0) is 26.0 Å². The summed E-state index contributed by atoms with van der Waals surface area (Å²) in [5, 5.41) is 9.05. The number of fused-ring (bicyclic) bond motifs is 1. The van der Waals surface area contributed by atoms with Gasteiger partial charge in [-0.1, -0.05) is 41.6 Å². The van der Waals surface area contributed by atoms with Gasteiger partial charge in [-0.05, 0) is 12.5 Å². The van der Waals surface area contributed by atoms with Crippen LogP contribution in [0.3, 0.4) is 0 Å². The van der Waals surface area contributed by atoms with Gasteiger partial charge in [0.15, 0.2) is 15.0 Å². The van der Waals surface area contributed by atoms with E-state index in [1.807, 2.05) is 36.1 Å². The first-order chi connectivity index (χ1) is 12.2. The summed E-state index contributed by atoms with van der Waals surface area (Å²) >= 11 is 1.31. The standard InChI is InChI=1S/C17H20N2O5S2/c1-11-2-4-12(5-3-11)8-19-13-9-26(23,24)10-14(13)25-17(19)18-15(20)6-7-16(21)22/h2-5,13-14H,6-10H2,1H3,(H,21,22)/t13-,14+/m1/s1. The summed E-state index contributed by atoms with van der Waals surface area (Å²) in [5.41, 5.74) is 2.13. The SMILES string of the molecule is Cc1ccc(CN2C(=NC(=O)CCC(=O)O)S[C@H]3CS(=O)(=O)C[C@H]32)cc1. The largest absolute Gasteiger partial charge is 0.481 e. The number of hydrogen-bond donors (Lipinski definition) is 1. The second kappa shape index (κ2) is 7.40. The van der Waals surface area contributed by atoms with E-state index in [1.165, 1.54) is 11.8 Å². The predicted octanol–water partition coefficient (Wildman–Crippen LogP) is 1.46. The monoisotopic (exact) mass is 396 g/mol. The molecule has 1 amide bonds. The Morgan fingerprint density at radius 1 is 1.23 bits per heavy atom. The van der Waals surface area contributed by atoms with Gasteiger partial charge >= 0.3 is 5.97 Å². The van der Waals surface area contributed by atoms with Crippen LogP contribution in [0.1, 0.15) is 24.0 Å². The van der Waals surface area contributed by atoms with Crippen LogP contribution in [0, 0.1) is 6.92 Å². The lowest BCUT2D eigenvalue weighted by Crippen LogP contribution is -2.37. The molecule has 7 nitrogen and oxygen atoms in total. The molecule has 26 heavy (non-hydrogen) atoms. The van der Waals surface area contributed by atoms with Crippen LogP contribution in [0.5, 0.6) is 0 Å². The highest BCUT2D eigenvalue weighted by molar-refractivity contribution is 8.15. The number of amidine groups is 1. The molecular weight excluding hydrogens is 376 g/mol. The molecule has 0 bridgehead atoms. The molecule has 0 unspecified atom stereocenters. The van der Waals surface area contributed by atoms with E-state index in [9.17, 15) is 18.0 Å². The molecule has 2 atom stereocenters. The molecule has 2 saturated heterocycles. The number of aliphatic imine (C=N–C) groups is 1. The number of carbonyl (C=O) groups is 2. The molecule has 0 aliphatic carbocycles. The first-order valence-corrected chi connectivity index (χ1v) is 11.0. The molecule has 1 N–H and O–H groups in total. The molecule has 1 aromatic rings. The highest BCUT2D eigenvalue weighted by atomic mass is 32.2. The van der Waals surface area contributed by atoms with Crippen LogP contribution in [-0.4, -0.2) is 58.3 Å². The molecule has 3 rings (SSSR count). The molecule has 0 saturated carbocycles. The minimum atomic E-state index is -3.09. The summed E-state index contributed by atoms with van der Waals surface area (Å²) in [6, 6.07) is 7.70. The summed E-state index contributed by atoms with van der Waals surface area (Å²) in [6.07, 6.45) is -0.426. The number of aliphatic carboxylic acids is 1. The smallest absolute Gasteiger partial charge is 0.303 e. The van der Waals surface area contributed by atoms with Gasteiger partial charge in [-0.2, -0.15) is 4.99 Å². The van der Waals surface area contributed by atoms with Crippen molar-refractivity contribution in [3.63, 3.8) is 0 Å². The van der Waals surface area contributed by atoms with E-state index in [0.717, 1.165) is 11.1 Å². The van der Waals surface area contributed by atoms with Crippen molar-refractivity contribution in [2.45, 2.75) is 37.6 Å². The third kappa shape index (κ3) is 4.45. The van der Waals surface area contributed by atoms with Gasteiger partial charge in [0, 0.05) is 18.2 Å². The number of aryl methyl sites for hydroxylation is 1. The minimum Gasteiger partial charge on any atom is -0.481 e. The normalized spacial score (nSPS) is 25.4. The van der Waals surface area contributed by atoms with E-state index in [-0.39, 0.29) is 35.6 Å². The first-order valence-electron chi connectivity index (χ1n) is 8.26. The lowest BCUT2D eigenvalue weighted by Gasteiger charge is -2.24. The number of sulfone groups is 1. The maximum atomic E-state index is 12.0. The molecule has 140 valence electrons. The van der Waals surface area contributed by atoms with Gasteiger partial charge < -0.3 is 10.0 Å². The van der Waals surface area contributed by atoms with Gasteiger partial charge in [0.05, 0.1) is 24.0 Å². The molecule has 2 aliphatic rings. The van der Waals surface area contributed by atoms with Gasteiger partial charge in [0.2, 0.25) is 5.91 Å². The molecule has 9 heteroatoms. The van der Waals surface area contributed by atoms with Gasteiger partial charge in [0.25, 0.3) is 0 Å². The van der Waals surface area contributed by atoms with Crippen LogP contribution in [0.25, 0.3) is 0 Å². The Labute approximate surface area is 156 Å². The number of amides is 1. The Morgan fingerprint density at radius 3 is 2.58 bits per heavy atom. The number of thioether (sulfide) groups is 1. The molecular formula is C17H20N2O5S2. The molecule has 2 aliphatic heterocycles. The molecule has 0 spiro atoms. The van der Waals surface area contributed by atoms with Crippen LogP contribution in [0.2, 0.25) is 0 Å². The van der Waals surface area contributed by atoms with Crippen LogP contribution in [0.4, 0.5) is 0 Å². The fourth-order valence-electron chi connectivity index (χ4n) is 3.09. The topological polar surface area (TPSA) is 104 Å². The van der Waals surface area contributed by atoms with E-state index < -0.39 is 21.7 Å². The first kappa shape index (κ1) is 18.9. The van der Waals surface area contributed by atoms with Crippen molar-refractivity contribution in [1.82, 2.24) is 4.90 Å². The summed E-state index contributed by atoms with van der Waals surface area (Å²) in [6.45, 7) is 2.46. The maximum Gasteiger partial charge on any atom is 0.303 e. The van der Waals surface area contributed by atoms with E-state index >= 15 is 0 Å². The Morgan fingerprint density at radius 2 is 1.92 bits per heavy atom. The lowest BCUT2D eigenvalue weighted by molar-refractivity contribution is -0.138. The van der Waals surface area contributed by atoms with Crippen LogP contribution >= 0.6 is 11.8 Å². The number of carboxylic acid groups (broad SMARTS) is 1. The highest BCUT2D eigenvalue weighted by Crippen LogP contribution is 2.39. The molecule has 0 radical (unpaired) electrons. The average molecular weight is 396 g/mol. The number of hydrogen-bond acceptors (Lipinski definition) is 5. The number of nitrogens with zero attached hydrogens (tertiary/aromatic N) is 2. The Balaban J connectivity index is 1.82. The quantitative estimate of drug-likeness (QED) is 0.803. The van der Waals surface area contributed by atoms with Crippen molar-refractivity contribution < 1.29 is 23.1 Å². The van der Waals surface area contributed by atoms with Gasteiger partial charge in [-0.15, -0.1) is 0 Å². The number of carboxylic acids is 1. The Bertz CT molecular complexity index is 848. The van der Waals surface area contributed by atoms with Crippen molar-refractivity contribution in [1.29, 1.82) is 0 Å². The average Bonchev–Trinajstić information content (AvgIpc) is 3.00. The molecule has 2 heterocycles. The second-order valence-corrected chi connectivity index (χ2v) is 9.96. The fraction of sp³-hybridized carbons (Fsp3) is 0.471. The van der Waals surface area contributed by atoms with Crippen molar-refractivity contribution in [2.24, 2.45) is 4.99 Å². The number of carbonyl (C=O) groups excluding carboxylic acids is 1. The molecule has 2 fully saturated rings. The van der Waals surface area contributed by atoms with Crippen molar-refractivity contribution in [3.05, 3.63) is 35.4 Å². The Kier molecular flexibility index (Phi) is 5.38. The third-order valence-corrected chi connectivity index (χ3v) is 7.67. The fourth-order valence-corrected chi connectivity index (χ4v) is 7.06. The predicted molar refractivity (Wildman–Crippen MR) is 99.9 cm³/mol.